The van der Waals surface area contributed by atoms with Crippen molar-refractivity contribution in [3.63, 3.8) is 0 Å². The minimum Gasteiger partial charge on any atom is -0.309 e. The molecule has 0 fully saturated rings. The van der Waals surface area contributed by atoms with Gasteiger partial charge in [0.25, 0.3) is 0 Å². The first-order valence-electron chi connectivity index (χ1n) is 23.6. The molecule has 0 aliphatic rings. The normalized spacial score (nSPS) is 11.8. The fourth-order valence-corrected chi connectivity index (χ4v) is 11.9. The van der Waals surface area contributed by atoms with Gasteiger partial charge in [-0.2, -0.15) is 0 Å². The first kappa shape index (κ1) is 39.4. The van der Waals surface area contributed by atoms with Gasteiger partial charge in [-0.25, -0.2) is 0 Å². The van der Waals surface area contributed by atoms with Gasteiger partial charge in [-0.15, -0.1) is 11.3 Å². The minimum atomic E-state index is 1.13. The fraction of sp³-hybridized carbons (Fsp3) is 0. The Morgan fingerprint density at radius 1 is 0.203 bits per heavy atom. The molecule has 14 aromatic rings. The number of hydrogen-bond donors (Lipinski definition) is 0. The highest BCUT2D eigenvalue weighted by atomic mass is 32.1. The lowest BCUT2D eigenvalue weighted by Crippen LogP contribution is -1.95. The summed E-state index contributed by atoms with van der Waals surface area (Å²) in [7, 11) is 0. The Kier molecular flexibility index (Phi) is 9.11. The fourth-order valence-electron chi connectivity index (χ4n) is 10.8. The van der Waals surface area contributed by atoms with Crippen LogP contribution in [0.3, 0.4) is 0 Å². The van der Waals surface area contributed by atoms with Gasteiger partial charge < -0.3 is 9.13 Å². The molecule has 3 heteroatoms. The number of nitrogens with zero attached hydrogens (tertiary/aromatic N) is 2. The van der Waals surface area contributed by atoms with Crippen molar-refractivity contribution in [1.82, 2.24) is 9.13 Å². The zero-order chi connectivity index (χ0) is 45.4. The lowest BCUT2D eigenvalue weighted by molar-refractivity contribution is 1.18. The number of aromatic nitrogens is 2. The smallest absolute Gasteiger partial charge is 0.0541 e. The molecule has 0 atom stereocenters. The number of rotatable bonds is 7. The van der Waals surface area contributed by atoms with Gasteiger partial charge in [0.2, 0.25) is 0 Å². The lowest BCUT2D eigenvalue weighted by Gasteiger charge is -2.14. The summed E-state index contributed by atoms with van der Waals surface area (Å²) in [4.78, 5) is 0. The van der Waals surface area contributed by atoms with Crippen LogP contribution in [0.15, 0.2) is 255 Å². The Labute approximate surface area is 403 Å². The lowest BCUT2D eigenvalue weighted by atomic mass is 9.93. The van der Waals surface area contributed by atoms with Crippen LogP contribution in [0.5, 0.6) is 0 Å². The molecule has 322 valence electrons. The van der Waals surface area contributed by atoms with Gasteiger partial charge in [-0.05, 0) is 147 Å². The van der Waals surface area contributed by atoms with Crippen molar-refractivity contribution in [2.24, 2.45) is 0 Å². The minimum absolute atomic E-state index is 1.13. The molecule has 11 aromatic carbocycles. The third-order valence-corrected chi connectivity index (χ3v) is 15.2. The molecule has 2 nitrogen and oxygen atoms in total. The van der Waals surface area contributed by atoms with E-state index < -0.39 is 0 Å². The maximum Gasteiger partial charge on any atom is 0.0541 e. The molecule has 0 saturated heterocycles. The predicted molar refractivity (Wildman–Crippen MR) is 295 cm³/mol. The summed E-state index contributed by atoms with van der Waals surface area (Å²) >= 11 is 1.87. The highest BCUT2D eigenvalue weighted by Crippen LogP contribution is 2.42. The van der Waals surface area contributed by atoms with Crippen LogP contribution < -0.4 is 0 Å². The molecule has 3 heterocycles. The molecule has 0 saturated carbocycles. The molecular weight excluding hydrogens is 853 g/mol. The second-order valence-electron chi connectivity index (χ2n) is 18.1. The van der Waals surface area contributed by atoms with Crippen LogP contribution in [0.1, 0.15) is 0 Å². The molecule has 0 aliphatic heterocycles. The van der Waals surface area contributed by atoms with Crippen LogP contribution in [-0.2, 0) is 0 Å². The molecule has 14 rings (SSSR count). The van der Waals surface area contributed by atoms with Crippen LogP contribution >= 0.6 is 11.3 Å². The van der Waals surface area contributed by atoms with Crippen molar-refractivity contribution in [3.05, 3.63) is 255 Å². The van der Waals surface area contributed by atoms with Crippen molar-refractivity contribution >= 4 is 75.1 Å². The molecule has 0 radical (unpaired) electrons. The number of benzene rings is 11. The zero-order valence-corrected chi connectivity index (χ0v) is 38.4. The number of fused-ring (bicyclic) bond motifs is 9. The van der Waals surface area contributed by atoms with E-state index in [0.717, 1.165) is 5.69 Å². The van der Waals surface area contributed by atoms with Crippen molar-refractivity contribution < 1.29 is 0 Å². The standard InChI is InChI=1S/C66H42N2S/c1-4-15-43(16-5-1)47-27-32-63-59(39-47)60-41-49(48-28-33-62-58(40-48)55-23-10-12-25-61(55)68(62)54-30-31-57-56-24-11-13-26-65(56)69-66(57)42-54)29-34-64(60)67(63)53-22-14-21-46(38-53)52-36-50(44-17-6-2-7-18-44)35-51(37-52)45-19-8-3-9-20-45/h1-42H. The van der Waals surface area contributed by atoms with Gasteiger partial charge >= 0.3 is 0 Å². The van der Waals surface area contributed by atoms with E-state index in [4.69, 9.17) is 0 Å². The second-order valence-corrected chi connectivity index (χ2v) is 19.2. The molecule has 3 aromatic heterocycles. The third-order valence-electron chi connectivity index (χ3n) is 14.1. The Morgan fingerprint density at radius 3 is 1.20 bits per heavy atom. The molecule has 0 N–H and O–H groups in total. The second kappa shape index (κ2) is 16.0. The quantitative estimate of drug-likeness (QED) is 0.151. The van der Waals surface area contributed by atoms with Crippen molar-refractivity contribution in [2.75, 3.05) is 0 Å². The van der Waals surface area contributed by atoms with E-state index in [1.165, 1.54) is 125 Å². The summed E-state index contributed by atoms with van der Waals surface area (Å²) in [6.07, 6.45) is 0. The Bertz CT molecular complexity index is 4230. The van der Waals surface area contributed by atoms with Crippen molar-refractivity contribution in [3.8, 4) is 67.0 Å². The molecule has 69 heavy (non-hydrogen) atoms. The van der Waals surface area contributed by atoms with Crippen molar-refractivity contribution in [2.45, 2.75) is 0 Å². The monoisotopic (exact) mass is 894 g/mol. The summed E-state index contributed by atoms with van der Waals surface area (Å²) < 4.78 is 7.52. The Hall–Kier alpha value is -8.76. The van der Waals surface area contributed by atoms with E-state index in [9.17, 15) is 0 Å². The van der Waals surface area contributed by atoms with E-state index in [1.807, 2.05) is 11.3 Å². The molecule has 0 spiro atoms. The van der Waals surface area contributed by atoms with Gasteiger partial charge in [0.1, 0.15) is 0 Å². The Balaban J connectivity index is 0.925. The predicted octanol–water partition coefficient (Wildman–Crippen LogP) is 18.6. The number of para-hydroxylation sites is 1. The van der Waals surface area contributed by atoms with Crippen LogP contribution in [-0.4, -0.2) is 9.13 Å². The summed E-state index contributed by atoms with van der Waals surface area (Å²) in [5, 5.41) is 7.59. The van der Waals surface area contributed by atoms with E-state index >= 15 is 0 Å². The van der Waals surface area contributed by atoms with E-state index in [-0.39, 0.29) is 0 Å². The third kappa shape index (κ3) is 6.62. The Morgan fingerprint density at radius 2 is 0.609 bits per heavy atom. The number of hydrogen-bond acceptors (Lipinski definition) is 1. The van der Waals surface area contributed by atoms with Crippen LogP contribution in [0.25, 0.3) is 131 Å². The van der Waals surface area contributed by atoms with Gasteiger partial charge in [0.05, 0.1) is 22.1 Å². The van der Waals surface area contributed by atoms with E-state index in [2.05, 4.69) is 264 Å². The summed E-state index contributed by atoms with van der Waals surface area (Å²) in [5.41, 5.74) is 19.0. The maximum absolute atomic E-state index is 2.45. The van der Waals surface area contributed by atoms with Gasteiger partial charge in [0.15, 0.2) is 0 Å². The first-order chi connectivity index (χ1) is 34.2. The molecular formula is C66H42N2S. The maximum atomic E-state index is 2.45. The van der Waals surface area contributed by atoms with Crippen LogP contribution in [0.4, 0.5) is 0 Å². The van der Waals surface area contributed by atoms with Gasteiger partial charge in [-0.3, -0.25) is 0 Å². The van der Waals surface area contributed by atoms with Gasteiger partial charge in [-0.1, -0.05) is 164 Å². The molecule has 0 amide bonds. The summed E-state index contributed by atoms with van der Waals surface area (Å²) in [6, 6.07) is 93.8. The highest BCUT2D eigenvalue weighted by Gasteiger charge is 2.19. The van der Waals surface area contributed by atoms with Crippen LogP contribution in [0.2, 0.25) is 0 Å². The van der Waals surface area contributed by atoms with E-state index in [1.54, 1.807) is 0 Å². The zero-order valence-electron chi connectivity index (χ0n) is 37.6. The van der Waals surface area contributed by atoms with Crippen molar-refractivity contribution in [1.29, 1.82) is 0 Å². The largest absolute Gasteiger partial charge is 0.309 e. The molecule has 0 bridgehead atoms. The SMILES string of the molecule is c1ccc(-c2cc(-c3ccccc3)cc(-c3cccc(-n4c5ccc(-c6ccccc6)cc5c5cc(-c6ccc7c(c6)c6ccccc6n7-c6ccc7c(c6)sc6ccccc67)ccc54)c3)c2)cc1. The molecule has 0 unspecified atom stereocenters. The highest BCUT2D eigenvalue weighted by molar-refractivity contribution is 7.25. The average molecular weight is 895 g/mol. The summed E-state index contributed by atoms with van der Waals surface area (Å²) in [6.45, 7) is 0. The first-order valence-corrected chi connectivity index (χ1v) is 24.5. The van der Waals surface area contributed by atoms with Crippen LogP contribution in [0, 0.1) is 0 Å². The average Bonchev–Trinajstić information content (AvgIpc) is 4.08. The van der Waals surface area contributed by atoms with E-state index in [0.29, 0.717) is 0 Å². The number of thiophene rings is 1. The summed E-state index contributed by atoms with van der Waals surface area (Å²) in [5.74, 6) is 0. The topological polar surface area (TPSA) is 9.86 Å². The van der Waals surface area contributed by atoms with Gasteiger partial charge in [0, 0.05) is 53.1 Å². The molecule has 0 aliphatic carbocycles.